The SMILES string of the molecule is COc1ccc(C(=O)COC(=O)[C@H](CC(C)C)N2C(=O)[C@H]3[C@@H]4C=C[C@@H]([C@H]5C[C@H]45)[C@@H]3C2=O)cc1. The third kappa shape index (κ3) is 3.58. The lowest BCUT2D eigenvalue weighted by atomic mass is 9.63. The molecule has 7 heteroatoms. The van der Waals surface area contributed by atoms with Crippen LogP contribution >= 0.6 is 0 Å². The van der Waals surface area contributed by atoms with E-state index in [-0.39, 0.29) is 47.2 Å². The highest BCUT2D eigenvalue weighted by Crippen LogP contribution is 2.65. The zero-order valence-electron chi connectivity index (χ0n) is 19.1. The number of esters is 1. The first-order valence-corrected chi connectivity index (χ1v) is 11.7. The van der Waals surface area contributed by atoms with Crippen molar-refractivity contribution in [2.45, 2.75) is 32.7 Å². The van der Waals surface area contributed by atoms with Crippen molar-refractivity contribution in [3.63, 3.8) is 0 Å². The number of nitrogens with zero attached hydrogens (tertiary/aromatic N) is 1. The summed E-state index contributed by atoms with van der Waals surface area (Å²) in [6.45, 7) is 3.42. The highest BCUT2D eigenvalue weighted by molar-refractivity contribution is 6.09. The monoisotopic (exact) mass is 451 g/mol. The Kier molecular flexibility index (Phi) is 5.38. The number of carbonyl (C=O) groups is 4. The molecule has 33 heavy (non-hydrogen) atoms. The van der Waals surface area contributed by atoms with Crippen LogP contribution in [0.3, 0.4) is 0 Å². The van der Waals surface area contributed by atoms with Gasteiger partial charge in [-0.25, -0.2) is 4.79 Å². The van der Waals surface area contributed by atoms with E-state index >= 15 is 0 Å². The first kappa shape index (κ1) is 21.9. The molecule has 1 heterocycles. The van der Waals surface area contributed by atoms with E-state index in [1.54, 1.807) is 24.3 Å². The van der Waals surface area contributed by atoms with Crippen LogP contribution in [-0.2, 0) is 19.1 Å². The number of amides is 2. The lowest BCUT2D eigenvalue weighted by Gasteiger charge is -2.37. The summed E-state index contributed by atoms with van der Waals surface area (Å²) in [4.78, 5) is 53.7. The summed E-state index contributed by atoms with van der Waals surface area (Å²) in [5, 5.41) is 0. The molecular formula is C26H29NO6. The van der Waals surface area contributed by atoms with Crippen LogP contribution in [0.4, 0.5) is 0 Å². The van der Waals surface area contributed by atoms with E-state index in [4.69, 9.17) is 9.47 Å². The largest absolute Gasteiger partial charge is 0.497 e. The van der Waals surface area contributed by atoms with Gasteiger partial charge in [-0.2, -0.15) is 0 Å². The lowest BCUT2D eigenvalue weighted by Crippen LogP contribution is -2.47. The quantitative estimate of drug-likeness (QED) is 0.261. The Balaban J connectivity index is 1.31. The van der Waals surface area contributed by atoms with Gasteiger partial charge in [0.1, 0.15) is 11.8 Å². The van der Waals surface area contributed by atoms with Gasteiger partial charge in [-0.1, -0.05) is 26.0 Å². The number of ketones is 1. The number of hydrogen-bond donors (Lipinski definition) is 0. The molecule has 0 unspecified atom stereocenters. The predicted molar refractivity (Wildman–Crippen MR) is 118 cm³/mol. The second-order valence-corrected chi connectivity index (χ2v) is 10.1. The van der Waals surface area contributed by atoms with Crippen molar-refractivity contribution < 1.29 is 28.7 Å². The number of rotatable bonds is 8. The summed E-state index contributed by atoms with van der Waals surface area (Å²) in [5.74, 6) is -0.415. The van der Waals surface area contributed by atoms with Gasteiger partial charge in [0.05, 0.1) is 18.9 Å². The van der Waals surface area contributed by atoms with Gasteiger partial charge in [0, 0.05) is 5.56 Å². The van der Waals surface area contributed by atoms with Crippen LogP contribution in [0, 0.1) is 41.4 Å². The Labute approximate surface area is 193 Å². The fraction of sp³-hybridized carbons (Fsp3) is 0.538. The molecule has 1 aliphatic heterocycles. The van der Waals surface area contributed by atoms with Crippen molar-refractivity contribution in [3.8, 4) is 5.75 Å². The summed E-state index contributed by atoms with van der Waals surface area (Å²) in [7, 11) is 1.54. The summed E-state index contributed by atoms with van der Waals surface area (Å²) in [6.07, 6.45) is 5.61. The maximum absolute atomic E-state index is 13.4. The average Bonchev–Trinajstić information content (AvgIpc) is 3.59. The highest BCUT2D eigenvalue weighted by atomic mass is 16.5. The zero-order chi connectivity index (χ0) is 23.4. The van der Waals surface area contributed by atoms with Gasteiger partial charge < -0.3 is 9.47 Å². The van der Waals surface area contributed by atoms with Crippen molar-refractivity contribution in [3.05, 3.63) is 42.0 Å². The van der Waals surface area contributed by atoms with E-state index in [0.717, 1.165) is 6.42 Å². The Bertz CT molecular complexity index is 992. The topological polar surface area (TPSA) is 90.0 Å². The molecule has 2 bridgehead atoms. The maximum atomic E-state index is 13.4. The van der Waals surface area contributed by atoms with Crippen LogP contribution in [0.2, 0.25) is 0 Å². The minimum atomic E-state index is -1.00. The normalized spacial score (nSPS) is 31.9. The molecule has 1 saturated heterocycles. The highest BCUT2D eigenvalue weighted by Gasteiger charge is 2.68. The molecule has 4 aliphatic carbocycles. The number of ether oxygens (including phenoxy) is 2. The van der Waals surface area contributed by atoms with E-state index in [1.165, 1.54) is 12.0 Å². The first-order valence-electron chi connectivity index (χ1n) is 11.7. The second-order valence-electron chi connectivity index (χ2n) is 10.1. The third-order valence-corrected chi connectivity index (χ3v) is 7.73. The standard InChI is InChI=1S/C26H29NO6/c1-13(2)10-20(26(31)33-12-21(28)14-4-6-15(32-3)7-5-14)27-24(29)22-16-8-9-17(19-11-18(16)19)23(22)25(27)30/h4-9,13,16-20,22-23H,10-12H2,1-3H3/t16-,17+,18-,19-,20+,22+,23+/m1/s1. The van der Waals surface area contributed by atoms with Gasteiger partial charge in [0.25, 0.3) is 0 Å². The van der Waals surface area contributed by atoms with Crippen molar-refractivity contribution in [1.82, 2.24) is 4.90 Å². The number of methoxy groups -OCH3 is 1. The van der Waals surface area contributed by atoms with Crippen molar-refractivity contribution in [2.24, 2.45) is 41.4 Å². The number of carbonyl (C=O) groups excluding carboxylic acids is 4. The number of imide groups is 1. The van der Waals surface area contributed by atoms with Crippen LogP contribution in [0.5, 0.6) is 5.75 Å². The number of allylic oxidation sites excluding steroid dienone is 2. The molecule has 0 N–H and O–H groups in total. The minimum Gasteiger partial charge on any atom is -0.497 e. The molecule has 174 valence electrons. The van der Waals surface area contributed by atoms with E-state index in [1.807, 2.05) is 13.8 Å². The second kappa shape index (κ2) is 8.12. The molecular weight excluding hydrogens is 422 g/mol. The molecule has 1 aromatic rings. The number of hydrogen-bond acceptors (Lipinski definition) is 6. The number of Topliss-reactive ketones (excluding diaryl/α,β-unsaturated/α-hetero) is 1. The first-order chi connectivity index (χ1) is 15.8. The van der Waals surface area contributed by atoms with E-state index < -0.39 is 18.6 Å². The van der Waals surface area contributed by atoms with Gasteiger partial charge in [-0.15, -0.1) is 0 Å². The lowest BCUT2D eigenvalue weighted by molar-refractivity contribution is -0.159. The Hall–Kier alpha value is -2.96. The molecule has 0 radical (unpaired) electrons. The summed E-state index contributed by atoms with van der Waals surface area (Å²) in [6, 6.07) is 5.52. The van der Waals surface area contributed by atoms with Crippen molar-refractivity contribution in [2.75, 3.05) is 13.7 Å². The number of likely N-dealkylation sites (tertiary alicyclic amines) is 1. The average molecular weight is 452 g/mol. The van der Waals surface area contributed by atoms with Crippen LogP contribution in [-0.4, -0.2) is 48.2 Å². The van der Waals surface area contributed by atoms with Crippen LogP contribution in [0.15, 0.2) is 36.4 Å². The van der Waals surface area contributed by atoms with Crippen molar-refractivity contribution >= 4 is 23.6 Å². The molecule has 1 aromatic carbocycles. The van der Waals surface area contributed by atoms with Crippen LogP contribution < -0.4 is 4.74 Å². The third-order valence-electron chi connectivity index (χ3n) is 7.73. The van der Waals surface area contributed by atoms with Gasteiger partial charge in [0.15, 0.2) is 12.4 Å². The molecule has 2 saturated carbocycles. The van der Waals surface area contributed by atoms with E-state index in [2.05, 4.69) is 12.2 Å². The number of benzene rings is 1. The Morgan fingerprint density at radius 2 is 1.58 bits per heavy atom. The van der Waals surface area contributed by atoms with E-state index in [9.17, 15) is 19.2 Å². The van der Waals surface area contributed by atoms with Gasteiger partial charge >= 0.3 is 5.97 Å². The fourth-order valence-electron chi connectivity index (χ4n) is 6.13. The van der Waals surface area contributed by atoms with Crippen LogP contribution in [0.25, 0.3) is 0 Å². The Morgan fingerprint density at radius 1 is 1.00 bits per heavy atom. The smallest absolute Gasteiger partial charge is 0.329 e. The maximum Gasteiger partial charge on any atom is 0.329 e. The molecule has 7 atom stereocenters. The van der Waals surface area contributed by atoms with E-state index in [0.29, 0.717) is 29.6 Å². The zero-order valence-corrected chi connectivity index (χ0v) is 19.1. The molecule has 2 amide bonds. The molecule has 6 rings (SSSR count). The van der Waals surface area contributed by atoms with Crippen LogP contribution in [0.1, 0.15) is 37.0 Å². The molecule has 0 spiro atoms. The Morgan fingerprint density at radius 3 is 2.09 bits per heavy atom. The molecule has 7 nitrogen and oxygen atoms in total. The predicted octanol–water partition coefficient (Wildman–Crippen LogP) is 2.89. The van der Waals surface area contributed by atoms with Crippen molar-refractivity contribution in [1.29, 1.82) is 0 Å². The van der Waals surface area contributed by atoms with Gasteiger partial charge in [0.2, 0.25) is 11.8 Å². The molecule has 3 fully saturated rings. The minimum absolute atomic E-state index is 0.0614. The molecule has 5 aliphatic rings. The summed E-state index contributed by atoms with van der Waals surface area (Å²) < 4.78 is 10.4. The summed E-state index contributed by atoms with van der Waals surface area (Å²) in [5.41, 5.74) is 0.394. The summed E-state index contributed by atoms with van der Waals surface area (Å²) >= 11 is 0. The van der Waals surface area contributed by atoms with Gasteiger partial charge in [-0.05, 0) is 66.7 Å². The molecule has 0 aromatic heterocycles. The fourth-order valence-corrected chi connectivity index (χ4v) is 6.13. The van der Waals surface area contributed by atoms with Gasteiger partial charge in [-0.3, -0.25) is 19.3 Å².